The molecule has 2 aromatic rings. The minimum atomic E-state index is -2.92. The van der Waals surface area contributed by atoms with Crippen LogP contribution in [-0.2, 0) is 14.6 Å². The van der Waals surface area contributed by atoms with Crippen molar-refractivity contribution in [2.75, 3.05) is 42.6 Å². The van der Waals surface area contributed by atoms with Gasteiger partial charge in [0.15, 0.2) is 9.84 Å². The van der Waals surface area contributed by atoms with Gasteiger partial charge in [0.05, 0.1) is 23.4 Å². The molecule has 0 unspecified atom stereocenters. The van der Waals surface area contributed by atoms with Crippen LogP contribution in [0, 0.1) is 0 Å². The smallest absolute Gasteiger partial charge is 0.410 e. The topological polar surface area (TPSA) is 95.6 Å². The number of carbonyl (C=O) groups is 1. The number of nitrogens with one attached hydrogen (secondary N) is 1. The van der Waals surface area contributed by atoms with Crippen molar-refractivity contribution >= 4 is 38.2 Å². The van der Waals surface area contributed by atoms with Gasteiger partial charge in [-0.05, 0) is 38.8 Å². The van der Waals surface area contributed by atoms with Gasteiger partial charge in [-0.15, -0.1) is 0 Å². The number of hydrogen-bond acceptors (Lipinski definition) is 6. The summed E-state index contributed by atoms with van der Waals surface area (Å²) in [7, 11) is -2.92. The molecule has 0 saturated carbocycles. The molecule has 2 aliphatic rings. The van der Waals surface area contributed by atoms with Crippen molar-refractivity contribution in [3.8, 4) is 0 Å². The lowest BCUT2D eigenvalue weighted by Crippen LogP contribution is -2.40. The summed E-state index contributed by atoms with van der Waals surface area (Å²) in [6, 6.07) is 2.08. The highest BCUT2D eigenvalue weighted by atomic mass is 32.2. The number of aromatic amines is 1. The largest absolute Gasteiger partial charge is 0.444 e. The molecule has 1 amide bonds. The van der Waals surface area contributed by atoms with E-state index in [2.05, 4.69) is 27.0 Å². The molecule has 8 nitrogen and oxygen atoms in total. The number of ether oxygens (including phenoxy) is 1. The van der Waals surface area contributed by atoms with Crippen LogP contribution in [0.2, 0.25) is 0 Å². The van der Waals surface area contributed by atoms with Crippen LogP contribution in [0.25, 0.3) is 16.6 Å². The van der Waals surface area contributed by atoms with Gasteiger partial charge >= 0.3 is 6.09 Å². The van der Waals surface area contributed by atoms with E-state index in [1.165, 1.54) is 5.57 Å². The van der Waals surface area contributed by atoms with Crippen molar-refractivity contribution in [1.29, 1.82) is 0 Å². The molecule has 0 atom stereocenters. The van der Waals surface area contributed by atoms with E-state index in [4.69, 9.17) is 4.74 Å². The molecule has 2 aromatic heterocycles. The lowest BCUT2D eigenvalue weighted by Gasteiger charge is -2.29. The Kier molecular flexibility index (Phi) is 5.25. The molecule has 0 aromatic carbocycles. The highest BCUT2D eigenvalue weighted by molar-refractivity contribution is 7.91. The zero-order valence-electron chi connectivity index (χ0n) is 17.6. The Hall–Kier alpha value is -2.55. The van der Waals surface area contributed by atoms with Crippen LogP contribution in [0.3, 0.4) is 0 Å². The van der Waals surface area contributed by atoms with Crippen LogP contribution in [0.15, 0.2) is 24.5 Å². The summed E-state index contributed by atoms with van der Waals surface area (Å²) in [5.74, 6) is 0.355. The quantitative estimate of drug-likeness (QED) is 0.784. The van der Waals surface area contributed by atoms with Gasteiger partial charge in [-0.1, -0.05) is 6.08 Å². The first-order valence-corrected chi connectivity index (χ1v) is 12.0. The van der Waals surface area contributed by atoms with E-state index in [1.807, 2.05) is 27.0 Å². The Bertz CT molecular complexity index is 1080. The minimum absolute atomic E-state index is 0.177. The first-order chi connectivity index (χ1) is 14.1. The average Bonchev–Trinajstić information content (AvgIpc) is 3.10. The van der Waals surface area contributed by atoms with Gasteiger partial charge in [-0.25, -0.2) is 18.2 Å². The first-order valence-electron chi connectivity index (χ1n) is 10.2. The zero-order chi connectivity index (χ0) is 21.5. The minimum Gasteiger partial charge on any atom is -0.444 e. The molecular formula is C21H28N4O4S. The zero-order valence-corrected chi connectivity index (χ0v) is 18.5. The molecule has 0 aliphatic carbocycles. The Labute approximate surface area is 176 Å². The Morgan fingerprint density at radius 3 is 2.57 bits per heavy atom. The Balaban J connectivity index is 1.53. The number of amides is 1. The predicted molar refractivity (Wildman–Crippen MR) is 117 cm³/mol. The number of rotatable bonds is 2. The van der Waals surface area contributed by atoms with Gasteiger partial charge in [0.1, 0.15) is 11.2 Å². The van der Waals surface area contributed by atoms with Gasteiger partial charge in [0.2, 0.25) is 0 Å². The van der Waals surface area contributed by atoms with E-state index in [9.17, 15) is 13.2 Å². The van der Waals surface area contributed by atoms with E-state index >= 15 is 0 Å². The molecular weight excluding hydrogens is 404 g/mol. The van der Waals surface area contributed by atoms with E-state index in [0.717, 1.165) is 28.7 Å². The number of nitrogens with zero attached hydrogens (tertiary/aromatic N) is 3. The molecule has 4 rings (SSSR count). The summed E-state index contributed by atoms with van der Waals surface area (Å²) >= 11 is 0. The standard InChI is InChI=1S/C21H28N4O4S/c1-21(2,3)29-20(26)25-6-4-15(5-7-25)18-14-23-19-17(18)12-16(13-22-19)24-8-10-30(27,28)11-9-24/h4,12-14H,5-11H2,1-3H3,(H,22,23). The summed E-state index contributed by atoms with van der Waals surface area (Å²) in [6.07, 6.45) is 6.26. The van der Waals surface area contributed by atoms with Crippen molar-refractivity contribution in [2.45, 2.75) is 32.8 Å². The molecule has 0 spiro atoms. The number of aromatic nitrogens is 2. The molecule has 0 bridgehead atoms. The van der Waals surface area contributed by atoms with Crippen molar-refractivity contribution in [3.05, 3.63) is 30.1 Å². The lowest BCUT2D eigenvalue weighted by molar-refractivity contribution is 0.0270. The predicted octanol–water partition coefficient (Wildman–Crippen LogP) is 2.82. The molecule has 9 heteroatoms. The van der Waals surface area contributed by atoms with Crippen molar-refractivity contribution < 1.29 is 17.9 Å². The number of sulfone groups is 1. The number of pyridine rings is 1. The van der Waals surface area contributed by atoms with Crippen LogP contribution in [0.5, 0.6) is 0 Å². The third kappa shape index (κ3) is 4.45. The van der Waals surface area contributed by atoms with E-state index < -0.39 is 15.4 Å². The monoisotopic (exact) mass is 432 g/mol. The number of anilines is 1. The highest BCUT2D eigenvalue weighted by Crippen LogP contribution is 2.31. The highest BCUT2D eigenvalue weighted by Gasteiger charge is 2.25. The van der Waals surface area contributed by atoms with Crippen LogP contribution in [0.1, 0.15) is 32.8 Å². The van der Waals surface area contributed by atoms with Crippen LogP contribution in [0.4, 0.5) is 10.5 Å². The fraction of sp³-hybridized carbons (Fsp3) is 0.524. The molecule has 0 radical (unpaired) electrons. The summed E-state index contributed by atoms with van der Waals surface area (Å²) in [4.78, 5) is 23.8. The fourth-order valence-electron chi connectivity index (χ4n) is 3.81. The summed E-state index contributed by atoms with van der Waals surface area (Å²) < 4.78 is 28.9. The van der Waals surface area contributed by atoms with Gasteiger partial charge in [0, 0.05) is 43.3 Å². The maximum absolute atomic E-state index is 12.3. The maximum atomic E-state index is 12.3. The lowest BCUT2D eigenvalue weighted by atomic mass is 9.99. The van der Waals surface area contributed by atoms with Crippen molar-refractivity contribution in [3.63, 3.8) is 0 Å². The van der Waals surface area contributed by atoms with Gasteiger partial charge < -0.3 is 19.5 Å². The number of H-pyrrole nitrogens is 1. The Morgan fingerprint density at radius 2 is 1.93 bits per heavy atom. The van der Waals surface area contributed by atoms with Crippen LogP contribution in [-0.4, -0.2) is 72.7 Å². The first kappa shape index (κ1) is 20.7. The second-order valence-corrected chi connectivity index (χ2v) is 11.1. The molecule has 1 saturated heterocycles. The second-order valence-electron chi connectivity index (χ2n) is 8.84. The molecule has 4 heterocycles. The third-order valence-electron chi connectivity index (χ3n) is 5.43. The van der Waals surface area contributed by atoms with Crippen molar-refractivity contribution in [1.82, 2.24) is 14.9 Å². The average molecular weight is 433 g/mol. The van der Waals surface area contributed by atoms with Gasteiger partial charge in [0.25, 0.3) is 0 Å². The van der Waals surface area contributed by atoms with E-state index in [0.29, 0.717) is 26.2 Å². The number of hydrogen-bond donors (Lipinski definition) is 1. The Morgan fingerprint density at radius 1 is 1.20 bits per heavy atom. The van der Waals surface area contributed by atoms with Gasteiger partial charge in [-0.3, -0.25) is 0 Å². The maximum Gasteiger partial charge on any atom is 0.410 e. The second kappa shape index (κ2) is 7.61. The SMILES string of the molecule is CC(C)(C)OC(=O)N1CC=C(c2c[nH]c3ncc(N4CCS(=O)(=O)CC4)cc23)CC1. The summed E-state index contributed by atoms with van der Waals surface area (Å²) in [6.45, 7) is 7.68. The molecule has 1 fully saturated rings. The molecule has 30 heavy (non-hydrogen) atoms. The summed E-state index contributed by atoms with van der Waals surface area (Å²) in [5, 5.41) is 1.01. The summed E-state index contributed by atoms with van der Waals surface area (Å²) in [5.41, 5.74) is 3.47. The van der Waals surface area contributed by atoms with E-state index in [-0.39, 0.29) is 17.6 Å². The third-order valence-corrected chi connectivity index (χ3v) is 7.04. The fourth-order valence-corrected chi connectivity index (χ4v) is 5.01. The van der Waals surface area contributed by atoms with Gasteiger partial charge in [-0.2, -0.15) is 0 Å². The molecule has 1 N–H and O–H groups in total. The van der Waals surface area contributed by atoms with E-state index in [1.54, 1.807) is 11.1 Å². The van der Waals surface area contributed by atoms with Crippen LogP contribution < -0.4 is 4.90 Å². The van der Waals surface area contributed by atoms with Crippen molar-refractivity contribution in [2.24, 2.45) is 0 Å². The molecule has 2 aliphatic heterocycles. The number of carbonyl (C=O) groups excluding carboxylic acids is 1. The molecule has 162 valence electrons. The van der Waals surface area contributed by atoms with Crippen LogP contribution >= 0.6 is 0 Å². The normalized spacial score (nSPS) is 19.6. The number of fused-ring (bicyclic) bond motifs is 1.